The van der Waals surface area contributed by atoms with Crippen LogP contribution in [0.25, 0.3) is 11.6 Å². The lowest BCUT2D eigenvalue weighted by Crippen LogP contribution is -2.03. The van der Waals surface area contributed by atoms with Gasteiger partial charge in [-0.3, -0.25) is 4.68 Å². The maximum absolute atomic E-state index is 5.02. The molecule has 0 atom stereocenters. The molecule has 5 nitrogen and oxygen atoms in total. The van der Waals surface area contributed by atoms with Gasteiger partial charge in [0.05, 0.1) is 6.54 Å². The fourth-order valence-corrected chi connectivity index (χ4v) is 1.93. The van der Waals surface area contributed by atoms with Crippen LogP contribution in [-0.2, 0) is 6.54 Å². The van der Waals surface area contributed by atoms with Crippen molar-refractivity contribution in [3.63, 3.8) is 0 Å². The summed E-state index contributed by atoms with van der Waals surface area (Å²) in [5, 5.41) is 8.09. The van der Waals surface area contributed by atoms with Gasteiger partial charge < -0.3 is 4.52 Å². The molecule has 0 N–H and O–H groups in total. The van der Waals surface area contributed by atoms with Gasteiger partial charge in [0, 0.05) is 5.69 Å². The molecule has 0 spiro atoms. The highest BCUT2D eigenvalue weighted by Crippen LogP contribution is 2.16. The molecule has 96 valence electrons. The second kappa shape index (κ2) is 4.68. The highest BCUT2D eigenvalue weighted by Gasteiger charge is 2.11. The minimum Gasteiger partial charge on any atom is -0.332 e. The molecule has 0 fully saturated rings. The van der Waals surface area contributed by atoms with Crippen LogP contribution in [-0.4, -0.2) is 19.9 Å². The van der Waals surface area contributed by atoms with Crippen molar-refractivity contribution in [1.82, 2.24) is 19.9 Å². The molecule has 3 rings (SSSR count). The predicted octanol–water partition coefficient (Wildman–Crippen LogP) is 2.60. The number of hydrogen-bond acceptors (Lipinski definition) is 4. The Balaban J connectivity index is 1.87. The van der Waals surface area contributed by atoms with Gasteiger partial charge >= 0.3 is 0 Å². The third kappa shape index (κ3) is 2.40. The number of benzene rings is 1. The third-order valence-corrected chi connectivity index (χ3v) is 3.01. The van der Waals surface area contributed by atoms with Crippen molar-refractivity contribution >= 4 is 0 Å². The molecule has 2 aromatic heterocycles. The standard InChI is InChI=1S/C14H14N4O/c1-10-3-5-12(6-4-10)8-18-11(2)7-13(17-18)14-15-9-16-19-14/h3-7,9H,8H2,1-2H3. The maximum Gasteiger partial charge on any atom is 0.278 e. The molecule has 0 aliphatic rings. The van der Waals surface area contributed by atoms with E-state index in [-0.39, 0.29) is 0 Å². The minimum absolute atomic E-state index is 0.450. The summed E-state index contributed by atoms with van der Waals surface area (Å²) in [7, 11) is 0. The van der Waals surface area contributed by atoms with Gasteiger partial charge in [-0.15, -0.1) is 0 Å². The zero-order chi connectivity index (χ0) is 13.2. The van der Waals surface area contributed by atoms with E-state index >= 15 is 0 Å². The fraction of sp³-hybridized carbons (Fsp3) is 0.214. The number of aryl methyl sites for hydroxylation is 2. The largest absolute Gasteiger partial charge is 0.332 e. The Bertz CT molecular complexity index is 668. The summed E-state index contributed by atoms with van der Waals surface area (Å²) in [5.74, 6) is 0.450. The zero-order valence-electron chi connectivity index (χ0n) is 10.9. The van der Waals surface area contributed by atoms with Crippen molar-refractivity contribution in [2.75, 3.05) is 0 Å². The molecule has 5 heteroatoms. The summed E-state index contributed by atoms with van der Waals surface area (Å²) in [6.07, 6.45) is 1.38. The highest BCUT2D eigenvalue weighted by atomic mass is 16.5. The second-order valence-corrected chi connectivity index (χ2v) is 4.56. The van der Waals surface area contributed by atoms with Gasteiger partial charge in [0.1, 0.15) is 0 Å². The van der Waals surface area contributed by atoms with E-state index in [2.05, 4.69) is 46.4 Å². The molecule has 0 unspecified atom stereocenters. The topological polar surface area (TPSA) is 56.7 Å². The molecule has 0 saturated heterocycles. The number of rotatable bonds is 3. The molecule has 19 heavy (non-hydrogen) atoms. The van der Waals surface area contributed by atoms with Gasteiger partial charge in [0.2, 0.25) is 0 Å². The summed E-state index contributed by atoms with van der Waals surface area (Å²) in [4.78, 5) is 4.01. The van der Waals surface area contributed by atoms with Crippen LogP contribution >= 0.6 is 0 Å². The van der Waals surface area contributed by atoms with Gasteiger partial charge in [0.25, 0.3) is 5.89 Å². The van der Waals surface area contributed by atoms with E-state index in [0.29, 0.717) is 11.6 Å². The lowest BCUT2D eigenvalue weighted by atomic mass is 10.1. The summed E-state index contributed by atoms with van der Waals surface area (Å²) >= 11 is 0. The van der Waals surface area contributed by atoms with Crippen molar-refractivity contribution < 1.29 is 4.52 Å². The first-order chi connectivity index (χ1) is 9.22. The van der Waals surface area contributed by atoms with E-state index in [9.17, 15) is 0 Å². The van der Waals surface area contributed by atoms with E-state index in [4.69, 9.17) is 4.52 Å². The number of nitrogens with zero attached hydrogens (tertiary/aromatic N) is 4. The van der Waals surface area contributed by atoms with Crippen LogP contribution in [0.2, 0.25) is 0 Å². The van der Waals surface area contributed by atoms with Crippen molar-refractivity contribution in [3.8, 4) is 11.6 Å². The van der Waals surface area contributed by atoms with Crippen molar-refractivity contribution in [2.24, 2.45) is 0 Å². The Morgan fingerprint density at radius 2 is 1.95 bits per heavy atom. The monoisotopic (exact) mass is 254 g/mol. The summed E-state index contributed by atoms with van der Waals surface area (Å²) in [6, 6.07) is 10.4. The van der Waals surface area contributed by atoms with Crippen LogP contribution in [0.3, 0.4) is 0 Å². The van der Waals surface area contributed by atoms with E-state index in [1.807, 2.05) is 17.7 Å². The Labute approximate surface area is 110 Å². The van der Waals surface area contributed by atoms with Gasteiger partial charge in [-0.1, -0.05) is 35.0 Å². The highest BCUT2D eigenvalue weighted by molar-refractivity contribution is 5.46. The fourth-order valence-electron chi connectivity index (χ4n) is 1.93. The van der Waals surface area contributed by atoms with E-state index in [1.54, 1.807) is 0 Å². The Morgan fingerprint density at radius 1 is 1.16 bits per heavy atom. The SMILES string of the molecule is Cc1ccc(Cn2nc(-c3ncno3)cc2C)cc1. The summed E-state index contributed by atoms with van der Waals surface area (Å²) in [5.41, 5.74) is 4.25. The second-order valence-electron chi connectivity index (χ2n) is 4.56. The van der Waals surface area contributed by atoms with Gasteiger partial charge in [-0.25, -0.2) is 0 Å². The van der Waals surface area contributed by atoms with Gasteiger partial charge in [-0.2, -0.15) is 10.1 Å². The smallest absolute Gasteiger partial charge is 0.278 e. The van der Waals surface area contributed by atoms with Crippen molar-refractivity contribution in [1.29, 1.82) is 0 Å². The molecule has 0 aliphatic carbocycles. The summed E-state index contributed by atoms with van der Waals surface area (Å²) < 4.78 is 6.95. The van der Waals surface area contributed by atoms with Crippen LogP contribution in [0, 0.1) is 13.8 Å². The summed E-state index contributed by atoms with van der Waals surface area (Å²) in [6.45, 7) is 4.83. The zero-order valence-corrected chi connectivity index (χ0v) is 10.9. The predicted molar refractivity (Wildman–Crippen MR) is 70.5 cm³/mol. The first kappa shape index (κ1) is 11.6. The Hall–Kier alpha value is -2.43. The normalized spacial score (nSPS) is 10.8. The van der Waals surface area contributed by atoms with Crippen LogP contribution in [0.4, 0.5) is 0 Å². The molecular formula is C14H14N4O. The Morgan fingerprint density at radius 3 is 2.63 bits per heavy atom. The molecule has 2 heterocycles. The van der Waals surface area contributed by atoms with E-state index < -0.39 is 0 Å². The van der Waals surface area contributed by atoms with Crippen molar-refractivity contribution in [2.45, 2.75) is 20.4 Å². The average Bonchev–Trinajstić information content (AvgIpc) is 3.03. The number of hydrogen-bond donors (Lipinski definition) is 0. The molecule has 1 aromatic carbocycles. The first-order valence-corrected chi connectivity index (χ1v) is 6.09. The van der Waals surface area contributed by atoms with Crippen LogP contribution in [0.15, 0.2) is 41.2 Å². The first-order valence-electron chi connectivity index (χ1n) is 6.09. The van der Waals surface area contributed by atoms with Crippen LogP contribution in [0.1, 0.15) is 16.8 Å². The van der Waals surface area contributed by atoms with Crippen molar-refractivity contribution in [3.05, 3.63) is 53.5 Å². The molecule has 0 bridgehead atoms. The molecular weight excluding hydrogens is 240 g/mol. The number of aromatic nitrogens is 4. The molecule has 3 aromatic rings. The quantitative estimate of drug-likeness (QED) is 0.721. The average molecular weight is 254 g/mol. The lowest BCUT2D eigenvalue weighted by molar-refractivity contribution is 0.428. The van der Waals surface area contributed by atoms with Crippen LogP contribution in [0.5, 0.6) is 0 Å². The lowest BCUT2D eigenvalue weighted by Gasteiger charge is -2.04. The van der Waals surface area contributed by atoms with E-state index in [1.165, 1.54) is 17.5 Å². The molecule has 0 radical (unpaired) electrons. The van der Waals surface area contributed by atoms with Gasteiger partial charge in [-0.05, 0) is 25.5 Å². The van der Waals surface area contributed by atoms with Gasteiger partial charge in [0.15, 0.2) is 12.0 Å². The molecule has 0 amide bonds. The third-order valence-electron chi connectivity index (χ3n) is 3.01. The van der Waals surface area contributed by atoms with E-state index in [0.717, 1.165) is 12.2 Å². The minimum atomic E-state index is 0.450. The molecule has 0 aliphatic heterocycles. The Kier molecular flexibility index (Phi) is 2.87. The van der Waals surface area contributed by atoms with Crippen LogP contribution < -0.4 is 0 Å². The maximum atomic E-state index is 5.02. The molecule has 0 saturated carbocycles.